The number of carboxylic acids is 1. The van der Waals surface area contributed by atoms with Gasteiger partial charge in [0.15, 0.2) is 5.54 Å². The van der Waals surface area contributed by atoms with Crippen LogP contribution in [-0.4, -0.2) is 51.8 Å². The number of amides is 1. The van der Waals surface area contributed by atoms with Crippen LogP contribution in [0.5, 0.6) is 0 Å². The lowest BCUT2D eigenvalue weighted by atomic mass is 9.98. The summed E-state index contributed by atoms with van der Waals surface area (Å²) in [7, 11) is 1.29. The van der Waals surface area contributed by atoms with Gasteiger partial charge in [-0.25, -0.2) is 4.79 Å². The van der Waals surface area contributed by atoms with E-state index >= 15 is 0 Å². The molecule has 1 aromatic carbocycles. The summed E-state index contributed by atoms with van der Waals surface area (Å²) in [6.45, 7) is 5.11. The number of carboxylic acid groups (broad SMARTS) is 1. The van der Waals surface area contributed by atoms with Gasteiger partial charge in [-0.1, -0.05) is 30.3 Å². The Morgan fingerprint density at radius 2 is 1.92 bits per heavy atom. The van der Waals surface area contributed by atoms with Crippen LogP contribution < -0.4 is 10.6 Å². The normalized spacial score (nSPS) is 23.7. The van der Waals surface area contributed by atoms with Crippen LogP contribution in [0, 0.1) is 0 Å². The fraction of sp³-hybridized carbons (Fsp3) is 0.500. The van der Waals surface area contributed by atoms with Crippen LogP contribution >= 0.6 is 11.8 Å². The van der Waals surface area contributed by atoms with E-state index in [9.17, 15) is 19.5 Å². The summed E-state index contributed by atoms with van der Waals surface area (Å²) in [6.07, 6.45) is 0.0743. The van der Waals surface area contributed by atoms with Crippen LogP contribution in [0.4, 0.5) is 0 Å². The topological polar surface area (TPSA) is 105 Å². The van der Waals surface area contributed by atoms with Gasteiger partial charge in [0.25, 0.3) is 0 Å². The summed E-state index contributed by atoms with van der Waals surface area (Å²) in [5.41, 5.74) is -0.797. The highest BCUT2D eigenvalue weighted by atomic mass is 32.2. The van der Waals surface area contributed by atoms with Crippen molar-refractivity contribution in [2.75, 3.05) is 7.11 Å². The van der Waals surface area contributed by atoms with Crippen molar-refractivity contribution in [2.24, 2.45) is 0 Å². The molecular weight excluding hydrogens is 356 g/mol. The third-order valence-corrected chi connectivity index (χ3v) is 6.13. The molecule has 142 valence electrons. The largest absolute Gasteiger partial charge is 0.479 e. The number of methoxy groups -OCH3 is 1. The molecule has 0 bridgehead atoms. The maximum atomic E-state index is 12.4. The van der Waals surface area contributed by atoms with Crippen molar-refractivity contribution in [1.82, 2.24) is 10.6 Å². The fourth-order valence-corrected chi connectivity index (χ4v) is 4.37. The number of rotatable bonds is 6. The molecule has 0 aliphatic carbocycles. The maximum Gasteiger partial charge on any atom is 0.331 e. The van der Waals surface area contributed by atoms with Crippen LogP contribution in [-0.2, 0) is 25.5 Å². The summed E-state index contributed by atoms with van der Waals surface area (Å²) >= 11 is 1.30. The third kappa shape index (κ3) is 4.19. The summed E-state index contributed by atoms with van der Waals surface area (Å²) in [5.74, 6) is -2.04. The van der Waals surface area contributed by atoms with Gasteiger partial charge >= 0.3 is 11.9 Å². The van der Waals surface area contributed by atoms with E-state index in [0.717, 1.165) is 5.56 Å². The van der Waals surface area contributed by atoms with E-state index in [1.54, 1.807) is 12.1 Å². The number of ether oxygens (including phenoxy) is 1. The van der Waals surface area contributed by atoms with Crippen molar-refractivity contribution in [3.63, 3.8) is 0 Å². The third-order valence-electron chi connectivity index (χ3n) is 4.45. The van der Waals surface area contributed by atoms with Crippen molar-refractivity contribution in [2.45, 2.75) is 48.9 Å². The Balaban J connectivity index is 2.18. The van der Waals surface area contributed by atoms with Gasteiger partial charge in [0.05, 0.1) is 18.9 Å². The maximum absolute atomic E-state index is 12.4. The molecule has 26 heavy (non-hydrogen) atoms. The Bertz CT molecular complexity index is 694. The van der Waals surface area contributed by atoms with Crippen molar-refractivity contribution in [3.05, 3.63) is 35.9 Å². The number of hydrogen-bond donors (Lipinski definition) is 3. The summed E-state index contributed by atoms with van der Waals surface area (Å²) in [5, 5.41) is 14.7. The van der Waals surface area contributed by atoms with Crippen LogP contribution in [0.3, 0.4) is 0 Å². The first kappa shape index (κ1) is 20.3. The lowest BCUT2D eigenvalue weighted by Gasteiger charge is -2.32. The number of carbonyl (C=O) groups is 3. The van der Waals surface area contributed by atoms with E-state index in [2.05, 4.69) is 10.6 Å². The second-order valence-corrected chi connectivity index (χ2v) is 8.70. The molecule has 1 amide bonds. The molecule has 0 radical (unpaired) electrons. The van der Waals surface area contributed by atoms with Crippen LogP contribution in [0.25, 0.3) is 0 Å². The van der Waals surface area contributed by atoms with Gasteiger partial charge in [-0.15, -0.1) is 11.8 Å². The SMILES string of the molecule is COC(=O)C1NC(C(C)(NC(=O)Cc2ccccc2)C(=O)O)SC1(C)C. The molecule has 3 N–H and O–H groups in total. The molecule has 1 aliphatic heterocycles. The molecule has 2 rings (SSSR count). The molecule has 1 aliphatic rings. The molecule has 1 saturated heterocycles. The summed E-state index contributed by atoms with van der Waals surface area (Å²) in [4.78, 5) is 36.4. The highest BCUT2D eigenvalue weighted by molar-refractivity contribution is 8.01. The van der Waals surface area contributed by atoms with E-state index in [1.807, 2.05) is 32.0 Å². The molecule has 1 aromatic rings. The van der Waals surface area contributed by atoms with Crippen LogP contribution in [0.1, 0.15) is 26.3 Å². The molecule has 0 spiro atoms. The minimum Gasteiger partial charge on any atom is -0.479 e. The zero-order valence-corrected chi connectivity index (χ0v) is 16.1. The second-order valence-electron chi connectivity index (χ2n) is 6.94. The Hall–Kier alpha value is -2.06. The number of hydrogen-bond acceptors (Lipinski definition) is 6. The Morgan fingerprint density at radius 3 is 2.46 bits per heavy atom. The lowest BCUT2D eigenvalue weighted by Crippen LogP contribution is -2.63. The quantitative estimate of drug-likeness (QED) is 0.636. The average Bonchev–Trinajstić information content (AvgIpc) is 2.90. The predicted molar refractivity (Wildman–Crippen MR) is 98.7 cm³/mol. The standard InChI is InChI=1S/C18H24N2O5S/c1-17(2)13(14(22)25-4)19-15(26-17)18(3,16(23)24)20-12(21)10-11-8-6-5-7-9-11/h5-9,13,15,19H,10H2,1-4H3,(H,20,21)(H,23,24). The number of aliphatic carboxylic acids is 1. The Morgan fingerprint density at radius 1 is 1.31 bits per heavy atom. The number of nitrogens with one attached hydrogen (secondary N) is 2. The highest BCUT2D eigenvalue weighted by Gasteiger charge is 2.55. The van der Waals surface area contributed by atoms with Crippen molar-refractivity contribution < 1.29 is 24.2 Å². The predicted octanol–water partition coefficient (Wildman–Crippen LogP) is 1.17. The van der Waals surface area contributed by atoms with Gasteiger partial charge in [-0.3, -0.25) is 14.9 Å². The molecule has 0 aromatic heterocycles. The van der Waals surface area contributed by atoms with E-state index in [0.29, 0.717) is 0 Å². The number of esters is 1. The van der Waals surface area contributed by atoms with Gasteiger partial charge in [-0.05, 0) is 26.3 Å². The first-order valence-corrected chi connectivity index (χ1v) is 9.08. The molecule has 1 heterocycles. The first-order chi connectivity index (χ1) is 12.1. The number of thioether (sulfide) groups is 1. The lowest BCUT2D eigenvalue weighted by molar-refractivity contribution is -0.148. The van der Waals surface area contributed by atoms with E-state index in [4.69, 9.17) is 4.74 Å². The van der Waals surface area contributed by atoms with E-state index in [-0.39, 0.29) is 6.42 Å². The summed E-state index contributed by atoms with van der Waals surface area (Å²) in [6, 6.07) is 8.41. The monoisotopic (exact) mass is 380 g/mol. The van der Waals surface area contributed by atoms with Crippen LogP contribution in [0.15, 0.2) is 30.3 Å². The Kier molecular flexibility index (Phi) is 5.98. The molecular formula is C18H24N2O5S. The molecule has 0 saturated carbocycles. The highest BCUT2D eigenvalue weighted by Crippen LogP contribution is 2.42. The number of benzene rings is 1. The second kappa shape index (κ2) is 7.67. The number of carbonyl (C=O) groups excluding carboxylic acids is 2. The zero-order chi connectivity index (χ0) is 19.5. The summed E-state index contributed by atoms with van der Waals surface area (Å²) < 4.78 is 4.22. The first-order valence-electron chi connectivity index (χ1n) is 8.20. The van der Waals surface area contributed by atoms with E-state index < -0.39 is 39.5 Å². The van der Waals surface area contributed by atoms with Gasteiger partial charge in [0, 0.05) is 4.75 Å². The van der Waals surface area contributed by atoms with Gasteiger partial charge in [0.1, 0.15) is 6.04 Å². The minimum atomic E-state index is -1.59. The molecule has 3 atom stereocenters. The molecule has 1 fully saturated rings. The van der Waals surface area contributed by atoms with E-state index in [1.165, 1.54) is 25.8 Å². The van der Waals surface area contributed by atoms with Crippen molar-refractivity contribution >= 4 is 29.6 Å². The van der Waals surface area contributed by atoms with Crippen molar-refractivity contribution in [1.29, 1.82) is 0 Å². The molecule has 7 nitrogen and oxygen atoms in total. The zero-order valence-electron chi connectivity index (χ0n) is 15.2. The minimum absolute atomic E-state index is 0.0743. The van der Waals surface area contributed by atoms with Crippen LogP contribution in [0.2, 0.25) is 0 Å². The van der Waals surface area contributed by atoms with Gasteiger partial charge in [0.2, 0.25) is 5.91 Å². The van der Waals surface area contributed by atoms with Gasteiger partial charge in [-0.2, -0.15) is 0 Å². The molecule has 8 heteroatoms. The molecule has 3 unspecified atom stereocenters. The fourth-order valence-electron chi connectivity index (χ4n) is 2.86. The Labute approximate surface area is 156 Å². The smallest absolute Gasteiger partial charge is 0.331 e. The average molecular weight is 380 g/mol. The van der Waals surface area contributed by atoms with Crippen molar-refractivity contribution in [3.8, 4) is 0 Å². The van der Waals surface area contributed by atoms with Gasteiger partial charge < -0.3 is 15.2 Å².